The predicted octanol–water partition coefficient (Wildman–Crippen LogP) is 5.09. The topological polar surface area (TPSA) is 26.3 Å². The molecule has 0 N–H and O–H groups in total. The molecule has 1 rings (SSSR count). The van der Waals surface area contributed by atoms with Crippen LogP contribution in [0.3, 0.4) is 0 Å². The molecule has 112 valence electrons. The summed E-state index contributed by atoms with van der Waals surface area (Å²) in [6.07, 6.45) is 0.310. The van der Waals surface area contributed by atoms with Gasteiger partial charge in [-0.3, -0.25) is 4.79 Å². The van der Waals surface area contributed by atoms with Crippen LogP contribution in [0.25, 0.3) is 0 Å². The fourth-order valence-corrected chi connectivity index (χ4v) is 3.12. The maximum absolute atomic E-state index is 11.7. The Balaban J connectivity index is 2.87. The van der Waals surface area contributed by atoms with Crippen molar-refractivity contribution < 1.29 is 9.53 Å². The lowest BCUT2D eigenvalue weighted by Crippen LogP contribution is -2.23. The average molecular weight is 358 g/mol. The third-order valence-corrected chi connectivity index (χ3v) is 3.70. The van der Waals surface area contributed by atoms with Gasteiger partial charge in [0, 0.05) is 17.7 Å². The lowest BCUT2D eigenvalue weighted by Gasteiger charge is -2.24. The Bertz CT molecular complexity index is 417. The van der Waals surface area contributed by atoms with E-state index >= 15 is 0 Å². The van der Waals surface area contributed by atoms with E-state index in [1.807, 2.05) is 30.3 Å². The molecule has 0 aliphatic rings. The standard InChI is InChI=1S/C14H16Cl4O2/c1-2-20-13(19)8-11(10-6-4-3-5-7-10)12(15)9-14(16,17)18/h3-7,11-12H,2,8-9H2,1H3. The van der Waals surface area contributed by atoms with Gasteiger partial charge >= 0.3 is 5.97 Å². The molecule has 2 unspecified atom stereocenters. The summed E-state index contributed by atoms with van der Waals surface area (Å²) in [5, 5.41) is -0.477. The van der Waals surface area contributed by atoms with Gasteiger partial charge in [0.05, 0.1) is 13.0 Å². The molecule has 0 saturated carbocycles. The summed E-state index contributed by atoms with van der Waals surface area (Å²) in [6.45, 7) is 2.09. The molecule has 0 aliphatic carbocycles. The van der Waals surface area contributed by atoms with Crippen molar-refractivity contribution in [1.29, 1.82) is 0 Å². The molecule has 2 nitrogen and oxygen atoms in total. The van der Waals surface area contributed by atoms with Crippen molar-refractivity contribution >= 4 is 52.4 Å². The van der Waals surface area contributed by atoms with Gasteiger partial charge in [-0.05, 0) is 12.5 Å². The van der Waals surface area contributed by atoms with Crippen LogP contribution in [0.4, 0.5) is 0 Å². The molecule has 0 heterocycles. The van der Waals surface area contributed by atoms with E-state index in [4.69, 9.17) is 51.1 Å². The Hall–Kier alpha value is -0.150. The fraction of sp³-hybridized carbons (Fsp3) is 0.500. The highest BCUT2D eigenvalue weighted by atomic mass is 35.6. The number of hydrogen-bond acceptors (Lipinski definition) is 2. The van der Waals surface area contributed by atoms with Gasteiger partial charge in [0.25, 0.3) is 0 Å². The molecule has 6 heteroatoms. The third kappa shape index (κ3) is 6.53. The SMILES string of the molecule is CCOC(=O)CC(c1ccccc1)C(Cl)CC(Cl)(Cl)Cl. The third-order valence-electron chi connectivity index (χ3n) is 2.78. The Morgan fingerprint density at radius 3 is 2.35 bits per heavy atom. The molecule has 2 atom stereocenters. The zero-order chi connectivity index (χ0) is 15.2. The van der Waals surface area contributed by atoms with E-state index in [1.54, 1.807) is 6.92 Å². The number of hydrogen-bond donors (Lipinski definition) is 0. The first kappa shape index (κ1) is 17.9. The molecule has 0 spiro atoms. The number of carbonyl (C=O) groups is 1. The van der Waals surface area contributed by atoms with Crippen LogP contribution < -0.4 is 0 Å². The predicted molar refractivity (Wildman–Crippen MR) is 85.0 cm³/mol. The van der Waals surface area contributed by atoms with Crippen molar-refractivity contribution in [3.63, 3.8) is 0 Å². The van der Waals surface area contributed by atoms with E-state index in [0.29, 0.717) is 6.61 Å². The molecular weight excluding hydrogens is 342 g/mol. The lowest BCUT2D eigenvalue weighted by atomic mass is 9.91. The fourth-order valence-electron chi connectivity index (χ4n) is 1.92. The minimum Gasteiger partial charge on any atom is -0.466 e. The molecule has 20 heavy (non-hydrogen) atoms. The Labute approximate surface area is 139 Å². The minimum absolute atomic E-state index is 0.151. The summed E-state index contributed by atoms with van der Waals surface area (Å²) in [5.74, 6) is -0.566. The Kier molecular flexibility index (Phi) is 7.46. The van der Waals surface area contributed by atoms with Crippen LogP contribution in [-0.2, 0) is 9.53 Å². The van der Waals surface area contributed by atoms with E-state index in [-0.39, 0.29) is 24.7 Å². The van der Waals surface area contributed by atoms with Crippen molar-refractivity contribution in [2.75, 3.05) is 6.61 Å². The number of esters is 1. The maximum atomic E-state index is 11.7. The zero-order valence-corrected chi connectivity index (χ0v) is 14.0. The smallest absolute Gasteiger partial charge is 0.306 e. The first-order valence-corrected chi connectivity index (χ1v) is 7.82. The summed E-state index contributed by atoms with van der Waals surface area (Å²) in [4.78, 5) is 11.7. The van der Waals surface area contributed by atoms with Crippen LogP contribution in [0.15, 0.2) is 30.3 Å². The molecule has 0 fully saturated rings. The maximum Gasteiger partial charge on any atom is 0.306 e. The first-order chi connectivity index (χ1) is 9.33. The van der Waals surface area contributed by atoms with Crippen molar-refractivity contribution in [2.24, 2.45) is 0 Å². The van der Waals surface area contributed by atoms with E-state index in [0.717, 1.165) is 5.56 Å². The van der Waals surface area contributed by atoms with Gasteiger partial charge in [0.2, 0.25) is 0 Å². The highest BCUT2D eigenvalue weighted by Gasteiger charge is 2.32. The van der Waals surface area contributed by atoms with Gasteiger partial charge in [-0.2, -0.15) is 0 Å². The summed E-state index contributed by atoms with van der Waals surface area (Å²) >= 11 is 23.7. The van der Waals surface area contributed by atoms with Crippen LogP contribution in [0.5, 0.6) is 0 Å². The van der Waals surface area contributed by atoms with Gasteiger partial charge in [0.15, 0.2) is 3.79 Å². The summed E-state index contributed by atoms with van der Waals surface area (Å²) in [7, 11) is 0. The highest BCUT2D eigenvalue weighted by molar-refractivity contribution is 6.67. The number of carbonyl (C=O) groups excluding carboxylic acids is 1. The number of alkyl halides is 4. The van der Waals surface area contributed by atoms with Crippen molar-refractivity contribution in [1.82, 2.24) is 0 Å². The van der Waals surface area contributed by atoms with Gasteiger partial charge in [-0.15, -0.1) is 11.6 Å². The minimum atomic E-state index is -1.45. The molecule has 0 amide bonds. The number of rotatable bonds is 6. The van der Waals surface area contributed by atoms with Crippen LogP contribution in [0.1, 0.15) is 31.2 Å². The van der Waals surface area contributed by atoms with Crippen LogP contribution >= 0.6 is 46.4 Å². The molecule has 0 aromatic heterocycles. The van der Waals surface area contributed by atoms with Gasteiger partial charge < -0.3 is 4.74 Å². The molecule has 0 aliphatic heterocycles. The summed E-state index contributed by atoms with van der Waals surface area (Å²) in [5.41, 5.74) is 0.926. The van der Waals surface area contributed by atoms with E-state index < -0.39 is 9.17 Å². The molecule has 0 radical (unpaired) electrons. The van der Waals surface area contributed by atoms with E-state index in [9.17, 15) is 4.79 Å². The molecule has 0 bridgehead atoms. The highest BCUT2D eigenvalue weighted by Crippen LogP contribution is 2.39. The quantitative estimate of drug-likeness (QED) is 0.523. The second-order valence-electron chi connectivity index (χ2n) is 4.36. The van der Waals surface area contributed by atoms with E-state index in [1.165, 1.54) is 0 Å². The van der Waals surface area contributed by atoms with Gasteiger partial charge in [-0.25, -0.2) is 0 Å². The second-order valence-corrected chi connectivity index (χ2v) is 7.44. The molecular formula is C14H16Cl4O2. The first-order valence-electron chi connectivity index (χ1n) is 6.25. The van der Waals surface area contributed by atoms with Gasteiger partial charge in [0.1, 0.15) is 0 Å². The van der Waals surface area contributed by atoms with Crippen LogP contribution in [-0.4, -0.2) is 21.7 Å². The second kappa shape index (κ2) is 8.33. The van der Waals surface area contributed by atoms with Crippen molar-refractivity contribution in [2.45, 2.75) is 34.9 Å². The van der Waals surface area contributed by atoms with Crippen molar-refractivity contribution in [3.8, 4) is 0 Å². The molecule has 1 aromatic carbocycles. The molecule has 1 aromatic rings. The Morgan fingerprint density at radius 1 is 1.25 bits per heavy atom. The van der Waals surface area contributed by atoms with E-state index in [2.05, 4.69) is 0 Å². The zero-order valence-electron chi connectivity index (χ0n) is 11.0. The average Bonchev–Trinajstić information content (AvgIpc) is 2.35. The summed E-state index contributed by atoms with van der Waals surface area (Å²) in [6, 6.07) is 9.46. The van der Waals surface area contributed by atoms with Crippen LogP contribution in [0.2, 0.25) is 0 Å². The molecule has 0 saturated heterocycles. The normalized spacial score (nSPS) is 14.7. The summed E-state index contributed by atoms with van der Waals surface area (Å²) < 4.78 is 3.53. The van der Waals surface area contributed by atoms with Gasteiger partial charge in [-0.1, -0.05) is 65.1 Å². The largest absolute Gasteiger partial charge is 0.466 e. The number of ether oxygens (including phenoxy) is 1. The van der Waals surface area contributed by atoms with Crippen LogP contribution in [0, 0.1) is 0 Å². The number of halogens is 4. The van der Waals surface area contributed by atoms with Crippen molar-refractivity contribution in [3.05, 3.63) is 35.9 Å². The monoisotopic (exact) mass is 356 g/mol. The Morgan fingerprint density at radius 2 is 1.85 bits per heavy atom. The number of benzene rings is 1. The lowest BCUT2D eigenvalue weighted by molar-refractivity contribution is -0.143.